The van der Waals surface area contributed by atoms with Crippen molar-refractivity contribution in [2.45, 2.75) is 52.5 Å². The van der Waals surface area contributed by atoms with Gasteiger partial charge in [-0.15, -0.1) is 0 Å². The number of hydrogen-bond acceptors (Lipinski definition) is 2. The van der Waals surface area contributed by atoms with Crippen LogP contribution < -0.4 is 5.73 Å². The zero-order chi connectivity index (χ0) is 13.1. The Kier molecular flexibility index (Phi) is 3.90. The molecule has 3 heteroatoms. The van der Waals surface area contributed by atoms with Crippen LogP contribution in [0, 0.1) is 0 Å². The summed E-state index contributed by atoms with van der Waals surface area (Å²) in [4.78, 5) is 4.73. The molecule has 2 rings (SSSR count). The van der Waals surface area contributed by atoms with Crippen LogP contribution in [0.5, 0.6) is 0 Å². The van der Waals surface area contributed by atoms with E-state index in [2.05, 4.69) is 31.4 Å². The molecule has 0 aliphatic heterocycles. The molecule has 0 saturated heterocycles. The van der Waals surface area contributed by atoms with E-state index in [1.165, 1.54) is 24.2 Å². The highest BCUT2D eigenvalue weighted by Crippen LogP contribution is 2.27. The van der Waals surface area contributed by atoms with Crippen LogP contribution in [-0.4, -0.2) is 9.55 Å². The van der Waals surface area contributed by atoms with Crippen molar-refractivity contribution in [3.05, 3.63) is 24.0 Å². The van der Waals surface area contributed by atoms with Gasteiger partial charge in [0, 0.05) is 18.2 Å². The quantitative estimate of drug-likeness (QED) is 0.811. The van der Waals surface area contributed by atoms with Crippen LogP contribution in [-0.2, 0) is 6.42 Å². The van der Waals surface area contributed by atoms with Crippen LogP contribution in [0.1, 0.15) is 51.9 Å². The molecule has 1 aromatic carbocycles. The third-order valence-corrected chi connectivity index (χ3v) is 3.56. The molecule has 1 heterocycles. The van der Waals surface area contributed by atoms with E-state index in [9.17, 15) is 0 Å². The van der Waals surface area contributed by atoms with Gasteiger partial charge in [-0.3, -0.25) is 0 Å². The molecular formula is C15H23N3. The molecule has 1 aromatic heterocycles. The monoisotopic (exact) mass is 245 g/mol. The molecule has 98 valence electrons. The molecule has 2 N–H and O–H groups in total. The standard InChI is InChI=1S/C15H23N3/c1-4-7-12(5-2)18-14-9-8-11(16)10-13(14)17-15(18)6-3/h8-10,12H,4-7,16H2,1-3H3. The number of benzene rings is 1. The number of aryl methyl sites for hydroxylation is 1. The Bertz CT molecular complexity index is 528. The normalized spacial score (nSPS) is 13.1. The number of nitrogens with zero attached hydrogens (tertiary/aromatic N) is 2. The minimum Gasteiger partial charge on any atom is -0.399 e. The van der Waals surface area contributed by atoms with Crippen molar-refractivity contribution >= 4 is 16.7 Å². The van der Waals surface area contributed by atoms with Crippen molar-refractivity contribution in [1.29, 1.82) is 0 Å². The lowest BCUT2D eigenvalue weighted by Crippen LogP contribution is -2.11. The van der Waals surface area contributed by atoms with Crippen molar-refractivity contribution in [3.8, 4) is 0 Å². The van der Waals surface area contributed by atoms with Crippen LogP contribution in [0.15, 0.2) is 18.2 Å². The molecule has 1 atom stereocenters. The van der Waals surface area contributed by atoms with Gasteiger partial charge >= 0.3 is 0 Å². The molecule has 18 heavy (non-hydrogen) atoms. The second kappa shape index (κ2) is 5.42. The number of nitrogen functional groups attached to an aromatic ring is 1. The van der Waals surface area contributed by atoms with Gasteiger partial charge < -0.3 is 10.3 Å². The SMILES string of the molecule is CCCC(CC)n1c(CC)nc2cc(N)ccc21. The summed E-state index contributed by atoms with van der Waals surface area (Å²) in [5, 5.41) is 0. The molecule has 1 unspecified atom stereocenters. The van der Waals surface area contributed by atoms with Crippen LogP contribution in [0.4, 0.5) is 5.69 Å². The molecule has 0 aliphatic carbocycles. The first-order valence-electron chi connectivity index (χ1n) is 6.97. The van der Waals surface area contributed by atoms with Crippen molar-refractivity contribution in [2.24, 2.45) is 0 Å². The first kappa shape index (κ1) is 12.9. The lowest BCUT2D eigenvalue weighted by molar-refractivity contribution is 0.445. The number of fused-ring (bicyclic) bond motifs is 1. The average Bonchev–Trinajstić information content (AvgIpc) is 2.73. The van der Waals surface area contributed by atoms with E-state index >= 15 is 0 Å². The predicted molar refractivity (Wildman–Crippen MR) is 77.8 cm³/mol. The zero-order valence-electron chi connectivity index (χ0n) is 11.6. The van der Waals surface area contributed by atoms with Crippen LogP contribution in [0.2, 0.25) is 0 Å². The molecule has 3 nitrogen and oxygen atoms in total. The molecular weight excluding hydrogens is 222 g/mol. The highest BCUT2D eigenvalue weighted by molar-refractivity contribution is 5.79. The Morgan fingerprint density at radius 2 is 2.06 bits per heavy atom. The highest BCUT2D eigenvalue weighted by Gasteiger charge is 2.16. The summed E-state index contributed by atoms with van der Waals surface area (Å²) in [7, 11) is 0. The lowest BCUT2D eigenvalue weighted by Gasteiger charge is -2.19. The Labute approximate surface area is 109 Å². The first-order valence-corrected chi connectivity index (χ1v) is 6.97. The molecule has 0 saturated carbocycles. The smallest absolute Gasteiger partial charge is 0.109 e. The van der Waals surface area contributed by atoms with Gasteiger partial charge in [-0.05, 0) is 31.0 Å². The molecule has 2 aromatic rings. The van der Waals surface area contributed by atoms with Gasteiger partial charge in [0.25, 0.3) is 0 Å². The summed E-state index contributed by atoms with van der Waals surface area (Å²) in [5.41, 5.74) is 8.89. The third-order valence-electron chi connectivity index (χ3n) is 3.56. The number of aromatic nitrogens is 2. The van der Waals surface area contributed by atoms with E-state index in [0.29, 0.717) is 6.04 Å². The lowest BCUT2D eigenvalue weighted by atomic mass is 10.1. The third kappa shape index (κ3) is 2.22. The Morgan fingerprint density at radius 3 is 2.67 bits per heavy atom. The van der Waals surface area contributed by atoms with Gasteiger partial charge in [-0.1, -0.05) is 27.2 Å². The summed E-state index contributed by atoms with van der Waals surface area (Å²) >= 11 is 0. The topological polar surface area (TPSA) is 43.8 Å². The van der Waals surface area contributed by atoms with E-state index in [4.69, 9.17) is 10.7 Å². The largest absolute Gasteiger partial charge is 0.399 e. The zero-order valence-corrected chi connectivity index (χ0v) is 11.6. The minimum atomic E-state index is 0.554. The van der Waals surface area contributed by atoms with Crippen LogP contribution in [0.25, 0.3) is 11.0 Å². The van der Waals surface area contributed by atoms with Gasteiger partial charge in [-0.25, -0.2) is 4.98 Å². The maximum absolute atomic E-state index is 5.84. The van der Waals surface area contributed by atoms with Gasteiger partial charge in [0.05, 0.1) is 11.0 Å². The maximum atomic E-state index is 5.84. The maximum Gasteiger partial charge on any atom is 0.109 e. The number of rotatable bonds is 5. The van der Waals surface area contributed by atoms with E-state index in [0.717, 1.165) is 24.0 Å². The Morgan fingerprint density at radius 1 is 1.28 bits per heavy atom. The van der Waals surface area contributed by atoms with E-state index in [1.807, 2.05) is 12.1 Å². The molecule has 0 radical (unpaired) electrons. The van der Waals surface area contributed by atoms with E-state index < -0.39 is 0 Å². The fraction of sp³-hybridized carbons (Fsp3) is 0.533. The van der Waals surface area contributed by atoms with Crippen molar-refractivity contribution < 1.29 is 0 Å². The summed E-state index contributed by atoms with van der Waals surface area (Å²) < 4.78 is 2.41. The van der Waals surface area contributed by atoms with Crippen molar-refractivity contribution in [1.82, 2.24) is 9.55 Å². The number of hydrogen-bond donors (Lipinski definition) is 1. The predicted octanol–water partition coefficient (Wildman–Crippen LogP) is 3.93. The van der Waals surface area contributed by atoms with E-state index in [-0.39, 0.29) is 0 Å². The van der Waals surface area contributed by atoms with Crippen molar-refractivity contribution in [2.75, 3.05) is 5.73 Å². The second-order valence-corrected chi connectivity index (χ2v) is 4.85. The van der Waals surface area contributed by atoms with Crippen LogP contribution in [0.3, 0.4) is 0 Å². The van der Waals surface area contributed by atoms with Crippen LogP contribution >= 0.6 is 0 Å². The van der Waals surface area contributed by atoms with Gasteiger partial charge in [0.2, 0.25) is 0 Å². The molecule has 0 aliphatic rings. The average molecular weight is 245 g/mol. The molecule has 0 spiro atoms. The van der Waals surface area contributed by atoms with Crippen molar-refractivity contribution in [3.63, 3.8) is 0 Å². The fourth-order valence-electron chi connectivity index (χ4n) is 2.67. The summed E-state index contributed by atoms with van der Waals surface area (Å²) in [5.74, 6) is 1.18. The van der Waals surface area contributed by atoms with E-state index in [1.54, 1.807) is 0 Å². The Balaban J connectivity index is 2.58. The Hall–Kier alpha value is -1.51. The second-order valence-electron chi connectivity index (χ2n) is 4.85. The number of imidazole rings is 1. The summed E-state index contributed by atoms with van der Waals surface area (Å²) in [6, 6.07) is 6.61. The number of anilines is 1. The highest BCUT2D eigenvalue weighted by atomic mass is 15.1. The van der Waals surface area contributed by atoms with Gasteiger partial charge in [-0.2, -0.15) is 0 Å². The van der Waals surface area contributed by atoms with Gasteiger partial charge in [0.1, 0.15) is 5.82 Å². The summed E-state index contributed by atoms with van der Waals surface area (Å²) in [6.45, 7) is 6.66. The fourth-order valence-corrected chi connectivity index (χ4v) is 2.67. The van der Waals surface area contributed by atoms with Gasteiger partial charge in [0.15, 0.2) is 0 Å². The molecule has 0 amide bonds. The molecule has 0 fully saturated rings. The minimum absolute atomic E-state index is 0.554. The summed E-state index contributed by atoms with van der Waals surface area (Å²) in [6.07, 6.45) is 4.53. The first-order chi connectivity index (χ1) is 8.71. The number of nitrogens with two attached hydrogens (primary N) is 1. The molecule has 0 bridgehead atoms.